The zero-order valence-corrected chi connectivity index (χ0v) is 10.7. The van der Waals surface area contributed by atoms with Crippen LogP contribution in [0.15, 0.2) is 18.2 Å². The van der Waals surface area contributed by atoms with Gasteiger partial charge in [-0.05, 0) is 25.0 Å². The molecule has 1 N–H and O–H groups in total. The first-order valence-corrected chi connectivity index (χ1v) is 7.41. The molecule has 0 radical (unpaired) electrons. The highest BCUT2D eigenvalue weighted by molar-refractivity contribution is 7.91. The summed E-state index contributed by atoms with van der Waals surface area (Å²) in [6, 6.07) is 4.52. The molecule has 2 rings (SSSR count). The van der Waals surface area contributed by atoms with Gasteiger partial charge in [0.25, 0.3) is 5.69 Å². The molecule has 6 nitrogen and oxygen atoms in total. The van der Waals surface area contributed by atoms with Gasteiger partial charge in [0, 0.05) is 12.1 Å². The summed E-state index contributed by atoms with van der Waals surface area (Å²) in [5.41, 5.74) is 1.26. The fourth-order valence-corrected chi connectivity index (χ4v) is 3.73. The van der Waals surface area contributed by atoms with E-state index in [4.69, 9.17) is 0 Å². The molecule has 0 bridgehead atoms. The van der Waals surface area contributed by atoms with E-state index in [0.29, 0.717) is 12.1 Å². The Kier molecular flexibility index (Phi) is 3.25. The molecule has 1 fully saturated rings. The maximum atomic E-state index is 11.3. The van der Waals surface area contributed by atoms with Gasteiger partial charge in [-0.3, -0.25) is 10.1 Å². The summed E-state index contributed by atoms with van der Waals surface area (Å²) in [4.78, 5) is 10.4. The van der Waals surface area contributed by atoms with Crippen LogP contribution in [0.3, 0.4) is 0 Å². The van der Waals surface area contributed by atoms with Crippen molar-refractivity contribution in [3.8, 4) is 0 Å². The number of nitro groups is 1. The number of benzene rings is 1. The third kappa shape index (κ3) is 2.79. The maximum Gasteiger partial charge on any atom is 0.292 e. The largest absolute Gasteiger partial charge is 0.376 e. The second-order valence-corrected chi connectivity index (χ2v) is 6.75. The first-order valence-electron chi connectivity index (χ1n) is 5.59. The monoisotopic (exact) mass is 270 g/mol. The average Bonchev–Trinajstić information content (AvgIpc) is 2.57. The van der Waals surface area contributed by atoms with Crippen molar-refractivity contribution in [3.05, 3.63) is 33.9 Å². The predicted molar refractivity (Wildman–Crippen MR) is 68.5 cm³/mol. The summed E-state index contributed by atoms with van der Waals surface area (Å²) >= 11 is 0. The minimum atomic E-state index is -2.99. The Labute approximate surface area is 105 Å². The minimum Gasteiger partial charge on any atom is -0.376 e. The zero-order valence-electron chi connectivity index (χ0n) is 9.92. The molecule has 0 spiro atoms. The minimum absolute atomic E-state index is 0.0232. The first-order chi connectivity index (χ1) is 8.37. The number of nitrogens with one attached hydrogen (secondary N) is 1. The lowest BCUT2D eigenvalue weighted by Crippen LogP contribution is -2.21. The van der Waals surface area contributed by atoms with Crippen molar-refractivity contribution in [2.45, 2.75) is 19.4 Å². The van der Waals surface area contributed by atoms with E-state index in [0.717, 1.165) is 5.56 Å². The Balaban J connectivity index is 2.23. The smallest absolute Gasteiger partial charge is 0.292 e. The zero-order chi connectivity index (χ0) is 13.3. The molecule has 1 atom stereocenters. The molecule has 1 unspecified atom stereocenters. The maximum absolute atomic E-state index is 11.3. The van der Waals surface area contributed by atoms with Crippen LogP contribution in [-0.2, 0) is 9.84 Å². The highest BCUT2D eigenvalue weighted by Crippen LogP contribution is 2.27. The van der Waals surface area contributed by atoms with E-state index in [1.165, 1.54) is 6.07 Å². The molecule has 1 saturated heterocycles. The number of rotatable bonds is 3. The van der Waals surface area contributed by atoms with Gasteiger partial charge in [-0.25, -0.2) is 8.42 Å². The Morgan fingerprint density at radius 2 is 2.17 bits per heavy atom. The number of aryl methyl sites for hydroxylation is 1. The number of anilines is 1. The summed E-state index contributed by atoms with van der Waals surface area (Å²) < 4.78 is 22.7. The molecule has 1 aliphatic rings. The Hall–Kier alpha value is -1.63. The van der Waals surface area contributed by atoms with Crippen LogP contribution >= 0.6 is 0 Å². The molecular formula is C11H14N2O4S. The topological polar surface area (TPSA) is 89.3 Å². The van der Waals surface area contributed by atoms with Crippen LogP contribution in [0, 0.1) is 17.0 Å². The number of hydrogen-bond donors (Lipinski definition) is 1. The van der Waals surface area contributed by atoms with E-state index in [9.17, 15) is 18.5 Å². The van der Waals surface area contributed by atoms with Gasteiger partial charge in [0.1, 0.15) is 5.69 Å². The highest BCUT2D eigenvalue weighted by Gasteiger charge is 2.29. The summed E-state index contributed by atoms with van der Waals surface area (Å²) in [5, 5.41) is 13.8. The van der Waals surface area contributed by atoms with Crippen molar-refractivity contribution in [3.63, 3.8) is 0 Å². The van der Waals surface area contributed by atoms with Crippen molar-refractivity contribution in [1.29, 1.82) is 0 Å². The number of sulfone groups is 1. The fraction of sp³-hybridized carbons (Fsp3) is 0.455. The van der Waals surface area contributed by atoms with Gasteiger partial charge in [-0.2, -0.15) is 0 Å². The van der Waals surface area contributed by atoms with Crippen LogP contribution < -0.4 is 5.32 Å². The van der Waals surface area contributed by atoms with E-state index in [-0.39, 0.29) is 23.2 Å². The molecular weight excluding hydrogens is 256 g/mol. The highest BCUT2D eigenvalue weighted by atomic mass is 32.2. The molecule has 0 amide bonds. The molecule has 1 aromatic rings. The van der Waals surface area contributed by atoms with E-state index < -0.39 is 14.8 Å². The van der Waals surface area contributed by atoms with Gasteiger partial charge in [-0.15, -0.1) is 0 Å². The molecule has 1 aromatic carbocycles. The Morgan fingerprint density at radius 3 is 2.72 bits per heavy atom. The summed E-state index contributed by atoms with van der Waals surface area (Å²) in [6.45, 7) is 1.83. The summed E-state index contributed by atoms with van der Waals surface area (Å²) in [7, 11) is -2.99. The van der Waals surface area contributed by atoms with Crippen molar-refractivity contribution < 1.29 is 13.3 Å². The van der Waals surface area contributed by atoms with Crippen molar-refractivity contribution in [1.82, 2.24) is 0 Å². The van der Waals surface area contributed by atoms with Crippen molar-refractivity contribution >= 4 is 21.2 Å². The molecule has 0 saturated carbocycles. The summed E-state index contributed by atoms with van der Waals surface area (Å²) in [5.74, 6) is 0.183. The molecule has 0 aromatic heterocycles. The standard InChI is InChI=1S/C11H14N2O4S/c1-8-2-3-11(13(14)15)10(6-8)12-9-4-5-18(16,17)7-9/h2-3,6,9,12H,4-5,7H2,1H3. The van der Waals surface area contributed by atoms with E-state index >= 15 is 0 Å². The van der Waals surface area contributed by atoms with Crippen LogP contribution in [-0.4, -0.2) is 30.9 Å². The molecule has 7 heteroatoms. The van der Waals surface area contributed by atoms with Crippen LogP contribution in [0.5, 0.6) is 0 Å². The SMILES string of the molecule is Cc1ccc([N+](=O)[O-])c(NC2CCS(=O)(=O)C2)c1. The molecule has 0 aliphatic carbocycles. The normalized spacial score (nSPS) is 21.7. The van der Waals surface area contributed by atoms with Crippen LogP contribution in [0.2, 0.25) is 0 Å². The quantitative estimate of drug-likeness (QED) is 0.664. The van der Waals surface area contributed by atoms with Gasteiger partial charge in [0.15, 0.2) is 9.84 Å². The second-order valence-electron chi connectivity index (χ2n) is 4.52. The van der Waals surface area contributed by atoms with Crippen molar-refractivity contribution in [2.75, 3.05) is 16.8 Å². The lowest BCUT2D eigenvalue weighted by atomic mass is 10.1. The van der Waals surface area contributed by atoms with E-state index in [1.54, 1.807) is 12.1 Å². The van der Waals surface area contributed by atoms with Crippen molar-refractivity contribution in [2.24, 2.45) is 0 Å². The second kappa shape index (κ2) is 4.56. The fourth-order valence-electron chi connectivity index (χ4n) is 2.05. The van der Waals surface area contributed by atoms with Crippen LogP contribution in [0.1, 0.15) is 12.0 Å². The van der Waals surface area contributed by atoms with Gasteiger partial charge in [-0.1, -0.05) is 6.07 Å². The Morgan fingerprint density at radius 1 is 1.44 bits per heavy atom. The van der Waals surface area contributed by atoms with E-state index in [1.807, 2.05) is 6.92 Å². The predicted octanol–water partition coefficient (Wildman–Crippen LogP) is 1.50. The van der Waals surface area contributed by atoms with Gasteiger partial charge >= 0.3 is 0 Å². The van der Waals surface area contributed by atoms with Gasteiger partial charge < -0.3 is 5.32 Å². The number of nitro benzene ring substituents is 1. The van der Waals surface area contributed by atoms with Crippen LogP contribution in [0.25, 0.3) is 0 Å². The average molecular weight is 270 g/mol. The first kappa shape index (κ1) is 12.8. The lowest BCUT2D eigenvalue weighted by Gasteiger charge is -2.13. The molecule has 18 heavy (non-hydrogen) atoms. The summed E-state index contributed by atoms with van der Waals surface area (Å²) in [6.07, 6.45) is 0.493. The van der Waals surface area contributed by atoms with Crippen LogP contribution in [0.4, 0.5) is 11.4 Å². The van der Waals surface area contributed by atoms with Gasteiger partial charge in [0.05, 0.1) is 16.4 Å². The van der Waals surface area contributed by atoms with Gasteiger partial charge in [0.2, 0.25) is 0 Å². The number of hydrogen-bond acceptors (Lipinski definition) is 5. The lowest BCUT2D eigenvalue weighted by molar-refractivity contribution is -0.384. The third-order valence-corrected chi connectivity index (χ3v) is 4.71. The molecule has 98 valence electrons. The Bertz CT molecular complexity index is 583. The third-order valence-electron chi connectivity index (χ3n) is 2.94. The molecule has 1 heterocycles. The van der Waals surface area contributed by atoms with E-state index in [2.05, 4.69) is 5.32 Å². The molecule has 1 aliphatic heterocycles. The number of nitrogens with zero attached hydrogens (tertiary/aromatic N) is 1.